The third kappa shape index (κ3) is 3.49. The smallest absolute Gasteiger partial charge is 0.117 e. The van der Waals surface area contributed by atoms with Gasteiger partial charge in [-0.05, 0) is 49.2 Å². The van der Waals surface area contributed by atoms with Crippen molar-refractivity contribution in [2.24, 2.45) is 7.05 Å². The summed E-state index contributed by atoms with van der Waals surface area (Å²) in [7, 11) is 2.07. The first kappa shape index (κ1) is 19.9. The minimum atomic E-state index is 0.373. The molecule has 0 atom stereocenters. The summed E-state index contributed by atoms with van der Waals surface area (Å²) in [6.07, 6.45) is 0. The molecule has 5 nitrogen and oxygen atoms in total. The highest BCUT2D eigenvalue weighted by molar-refractivity contribution is 6.35. The van der Waals surface area contributed by atoms with Crippen LogP contribution in [0.15, 0.2) is 36.4 Å². The zero-order valence-corrected chi connectivity index (χ0v) is 18.7. The molecule has 1 aromatic heterocycles. The Balaban J connectivity index is 1.40. The maximum absolute atomic E-state index is 6.64. The molecule has 0 amide bonds. The highest BCUT2D eigenvalue weighted by Crippen LogP contribution is 2.34. The Morgan fingerprint density at radius 1 is 1.00 bits per heavy atom. The molecule has 2 fully saturated rings. The fraction of sp³-hybridized carbons (Fsp3) is 0.458. The van der Waals surface area contributed by atoms with Crippen molar-refractivity contribution >= 4 is 28.3 Å². The molecule has 0 unspecified atom stereocenters. The van der Waals surface area contributed by atoms with Crippen LogP contribution < -0.4 is 4.90 Å². The molecule has 0 bridgehead atoms. The fourth-order valence-electron chi connectivity index (χ4n) is 4.54. The lowest BCUT2D eigenvalue weighted by Crippen LogP contribution is -2.48. The van der Waals surface area contributed by atoms with Crippen molar-refractivity contribution in [1.82, 2.24) is 14.5 Å². The first-order valence-electron chi connectivity index (χ1n) is 10.8. The number of imidazole rings is 1. The number of hydrogen-bond acceptors (Lipinski definition) is 4. The highest BCUT2D eigenvalue weighted by atomic mass is 35.5. The molecule has 2 saturated heterocycles. The summed E-state index contributed by atoms with van der Waals surface area (Å²) in [6.45, 7) is 10.5. The van der Waals surface area contributed by atoms with Gasteiger partial charge in [0.05, 0.1) is 29.7 Å². The van der Waals surface area contributed by atoms with Crippen molar-refractivity contribution in [3.8, 4) is 11.1 Å². The summed E-state index contributed by atoms with van der Waals surface area (Å²) < 4.78 is 7.52. The molecule has 3 heterocycles. The summed E-state index contributed by atoms with van der Waals surface area (Å²) in [6, 6.07) is 13.7. The minimum absolute atomic E-state index is 0.373. The summed E-state index contributed by atoms with van der Waals surface area (Å²) >= 11 is 6.64. The number of aromatic nitrogens is 2. The summed E-state index contributed by atoms with van der Waals surface area (Å²) in [4.78, 5) is 9.82. The van der Waals surface area contributed by atoms with Gasteiger partial charge in [0.25, 0.3) is 0 Å². The SMILES string of the molecule is CC(C)N1CCN(c2ccc(-c3cc(Cl)c4nc(C5COC5)n(C)c4c3)cc2)CC1. The van der Waals surface area contributed by atoms with E-state index in [1.807, 2.05) is 6.07 Å². The Morgan fingerprint density at radius 3 is 2.30 bits per heavy atom. The van der Waals surface area contributed by atoms with Crippen LogP contribution in [0.25, 0.3) is 22.2 Å². The van der Waals surface area contributed by atoms with Gasteiger partial charge in [0, 0.05) is 45.0 Å². The second kappa shape index (κ2) is 7.88. The largest absolute Gasteiger partial charge is 0.380 e. The van der Waals surface area contributed by atoms with Crippen LogP contribution in [0.5, 0.6) is 0 Å². The third-order valence-electron chi connectivity index (χ3n) is 6.59. The number of rotatable bonds is 4. The van der Waals surface area contributed by atoms with Gasteiger partial charge in [0.2, 0.25) is 0 Å². The first-order chi connectivity index (χ1) is 14.5. The van der Waals surface area contributed by atoms with Crippen LogP contribution in [0.4, 0.5) is 5.69 Å². The molecule has 3 aromatic rings. The first-order valence-corrected chi connectivity index (χ1v) is 11.2. The van der Waals surface area contributed by atoms with Gasteiger partial charge in [-0.25, -0.2) is 4.98 Å². The number of nitrogens with zero attached hydrogens (tertiary/aromatic N) is 4. The predicted octanol–water partition coefficient (Wildman–Crippen LogP) is 4.54. The Labute approximate surface area is 183 Å². The van der Waals surface area contributed by atoms with E-state index in [1.165, 1.54) is 11.3 Å². The van der Waals surface area contributed by atoms with E-state index in [0.717, 1.165) is 61.8 Å². The van der Waals surface area contributed by atoms with Crippen LogP contribution >= 0.6 is 11.6 Å². The van der Waals surface area contributed by atoms with Crippen molar-refractivity contribution in [3.05, 3.63) is 47.2 Å². The van der Waals surface area contributed by atoms with Gasteiger partial charge in [-0.1, -0.05) is 23.7 Å². The molecule has 2 aliphatic rings. The normalized spacial score (nSPS) is 18.4. The van der Waals surface area contributed by atoms with Gasteiger partial charge < -0.3 is 14.2 Å². The molecule has 158 valence electrons. The summed E-state index contributed by atoms with van der Waals surface area (Å²) in [5.74, 6) is 1.43. The standard InChI is InChI=1S/C24H29ClN4O/c1-16(2)28-8-10-29(11-9-28)20-6-4-17(5-7-20)18-12-21(25)23-22(13-18)27(3)24(26-23)19-14-30-15-19/h4-7,12-13,16,19H,8-11,14-15H2,1-3H3. The number of piperazine rings is 1. The van der Waals surface area contributed by atoms with Crippen LogP contribution in [-0.2, 0) is 11.8 Å². The number of ether oxygens (including phenoxy) is 1. The third-order valence-corrected chi connectivity index (χ3v) is 6.88. The van der Waals surface area contributed by atoms with Crippen molar-refractivity contribution < 1.29 is 4.74 Å². The quantitative estimate of drug-likeness (QED) is 0.615. The topological polar surface area (TPSA) is 33.5 Å². The lowest BCUT2D eigenvalue weighted by Gasteiger charge is -2.38. The van der Waals surface area contributed by atoms with Crippen molar-refractivity contribution in [2.75, 3.05) is 44.3 Å². The lowest BCUT2D eigenvalue weighted by atomic mass is 10.0. The van der Waals surface area contributed by atoms with Crippen LogP contribution in [0, 0.1) is 0 Å². The van der Waals surface area contributed by atoms with E-state index in [1.54, 1.807) is 0 Å². The molecule has 0 radical (unpaired) electrons. The maximum Gasteiger partial charge on any atom is 0.117 e. The second-order valence-corrected chi connectivity index (χ2v) is 9.16. The Bertz CT molecular complexity index is 1050. The van der Waals surface area contributed by atoms with E-state index in [2.05, 4.69) is 65.6 Å². The molecule has 0 aliphatic carbocycles. The Kier molecular flexibility index (Phi) is 5.21. The van der Waals surface area contributed by atoms with Gasteiger partial charge in [0.1, 0.15) is 11.3 Å². The van der Waals surface area contributed by atoms with Crippen molar-refractivity contribution in [3.63, 3.8) is 0 Å². The van der Waals surface area contributed by atoms with Crippen LogP contribution in [0.1, 0.15) is 25.6 Å². The molecule has 0 spiro atoms. The number of halogens is 1. The second-order valence-electron chi connectivity index (χ2n) is 8.75. The number of aryl methyl sites for hydroxylation is 1. The molecule has 0 saturated carbocycles. The average molecular weight is 425 g/mol. The van der Waals surface area contributed by atoms with E-state index >= 15 is 0 Å². The molecule has 2 aliphatic heterocycles. The van der Waals surface area contributed by atoms with Crippen molar-refractivity contribution in [1.29, 1.82) is 0 Å². The number of fused-ring (bicyclic) bond motifs is 1. The zero-order chi connectivity index (χ0) is 20.8. The van der Waals surface area contributed by atoms with E-state index in [0.29, 0.717) is 17.0 Å². The molecular formula is C24H29ClN4O. The van der Waals surface area contributed by atoms with E-state index < -0.39 is 0 Å². The predicted molar refractivity (Wildman–Crippen MR) is 124 cm³/mol. The van der Waals surface area contributed by atoms with E-state index in [4.69, 9.17) is 21.3 Å². The van der Waals surface area contributed by atoms with Crippen molar-refractivity contribution in [2.45, 2.75) is 25.8 Å². The molecule has 2 aromatic carbocycles. The number of anilines is 1. The minimum Gasteiger partial charge on any atom is -0.380 e. The van der Waals surface area contributed by atoms with Crippen LogP contribution in [0.3, 0.4) is 0 Å². The van der Waals surface area contributed by atoms with Gasteiger partial charge in [0.15, 0.2) is 0 Å². The number of benzene rings is 2. The molecule has 0 N–H and O–H groups in total. The fourth-order valence-corrected chi connectivity index (χ4v) is 4.80. The lowest BCUT2D eigenvalue weighted by molar-refractivity contribution is 0.00400. The van der Waals surface area contributed by atoms with Gasteiger partial charge >= 0.3 is 0 Å². The average Bonchev–Trinajstić information content (AvgIpc) is 3.04. The number of hydrogen-bond donors (Lipinski definition) is 0. The maximum atomic E-state index is 6.64. The Hall–Kier alpha value is -2.08. The molecule has 6 heteroatoms. The van der Waals surface area contributed by atoms with Crippen LogP contribution in [-0.4, -0.2) is 59.9 Å². The van der Waals surface area contributed by atoms with Gasteiger partial charge in [-0.15, -0.1) is 0 Å². The molecule has 5 rings (SSSR count). The molecule has 30 heavy (non-hydrogen) atoms. The Morgan fingerprint density at radius 2 is 1.70 bits per heavy atom. The van der Waals surface area contributed by atoms with Crippen LogP contribution in [0.2, 0.25) is 5.02 Å². The highest BCUT2D eigenvalue weighted by Gasteiger charge is 2.26. The van der Waals surface area contributed by atoms with Gasteiger partial charge in [-0.3, -0.25) is 4.90 Å². The molecular weight excluding hydrogens is 396 g/mol. The van der Waals surface area contributed by atoms with Gasteiger partial charge in [-0.2, -0.15) is 0 Å². The van der Waals surface area contributed by atoms with E-state index in [9.17, 15) is 0 Å². The van der Waals surface area contributed by atoms with E-state index in [-0.39, 0.29) is 0 Å². The summed E-state index contributed by atoms with van der Waals surface area (Å²) in [5, 5.41) is 0.707. The monoisotopic (exact) mass is 424 g/mol. The summed E-state index contributed by atoms with van der Waals surface area (Å²) in [5.41, 5.74) is 5.56. The zero-order valence-electron chi connectivity index (χ0n) is 17.9.